The molecular weight excluding hydrogens is 245 g/mol. The number of para-hydroxylation sites is 1. The van der Waals surface area contributed by atoms with Crippen molar-refractivity contribution in [2.24, 2.45) is 0 Å². The molecule has 0 aromatic heterocycles. The molecule has 18 heavy (non-hydrogen) atoms. The predicted octanol–water partition coefficient (Wildman–Crippen LogP) is 3.06. The van der Waals surface area contributed by atoms with Gasteiger partial charge in [0.25, 0.3) is 0 Å². The van der Waals surface area contributed by atoms with Crippen LogP contribution in [0.2, 0.25) is 0 Å². The van der Waals surface area contributed by atoms with Gasteiger partial charge in [-0.25, -0.2) is 0 Å². The topological polar surface area (TPSA) is 38.5 Å². The number of nitrogens with two attached hydrogens (primary N) is 1. The fraction of sp³-hybridized carbons (Fsp3) is 0.500. The second-order valence-electron chi connectivity index (χ2n) is 3.91. The average Bonchev–Trinajstić information content (AvgIpc) is 2.28. The van der Waals surface area contributed by atoms with E-state index in [1.807, 2.05) is 6.92 Å². The third-order valence-corrected chi connectivity index (χ3v) is 2.48. The van der Waals surface area contributed by atoms with E-state index >= 15 is 0 Å². The zero-order chi connectivity index (χ0) is 13.8. The molecule has 1 rings (SSSR count). The van der Waals surface area contributed by atoms with Gasteiger partial charge in [0.05, 0.1) is 24.4 Å². The van der Waals surface area contributed by atoms with Gasteiger partial charge in [-0.1, -0.05) is 6.07 Å². The molecule has 0 unspecified atom stereocenters. The lowest BCUT2D eigenvalue weighted by molar-refractivity contribution is -0.132. The average molecular weight is 262 g/mol. The molecule has 102 valence electrons. The summed E-state index contributed by atoms with van der Waals surface area (Å²) < 4.78 is 41.7. The number of hydrogen-bond acceptors (Lipinski definition) is 3. The van der Waals surface area contributed by atoms with Crippen LogP contribution in [-0.4, -0.2) is 26.4 Å². The van der Waals surface area contributed by atoms with Crippen molar-refractivity contribution < 1.29 is 17.9 Å². The van der Waals surface area contributed by atoms with Crippen molar-refractivity contribution in [2.75, 3.05) is 30.8 Å². The summed E-state index contributed by atoms with van der Waals surface area (Å²) >= 11 is 0. The molecular formula is C12H17F3N2O. The van der Waals surface area contributed by atoms with Crippen molar-refractivity contribution in [1.29, 1.82) is 0 Å². The van der Waals surface area contributed by atoms with E-state index in [1.54, 1.807) is 25.2 Å². The third kappa shape index (κ3) is 4.01. The smallest absolute Gasteiger partial charge is 0.390 e. The molecule has 0 saturated heterocycles. The summed E-state index contributed by atoms with van der Waals surface area (Å²) in [5.74, 6) is 0.494. The lowest BCUT2D eigenvalue weighted by Crippen LogP contribution is -2.24. The first-order valence-electron chi connectivity index (χ1n) is 5.64. The summed E-state index contributed by atoms with van der Waals surface area (Å²) in [4.78, 5) is 1.48. The number of anilines is 2. The number of halogens is 3. The third-order valence-electron chi connectivity index (χ3n) is 2.48. The number of nitrogen functional groups attached to an aromatic ring is 1. The molecule has 1 aromatic carbocycles. The van der Waals surface area contributed by atoms with Crippen LogP contribution >= 0.6 is 0 Å². The van der Waals surface area contributed by atoms with Gasteiger partial charge in [-0.2, -0.15) is 13.2 Å². The number of rotatable bonds is 5. The number of hydrogen-bond donors (Lipinski definition) is 1. The van der Waals surface area contributed by atoms with Gasteiger partial charge in [0.2, 0.25) is 0 Å². The fourth-order valence-corrected chi connectivity index (χ4v) is 1.56. The number of alkyl halides is 3. The largest absolute Gasteiger partial charge is 0.492 e. The van der Waals surface area contributed by atoms with Gasteiger partial charge in [0.1, 0.15) is 5.75 Å². The van der Waals surface area contributed by atoms with E-state index in [0.717, 1.165) is 0 Å². The number of benzene rings is 1. The molecule has 6 heteroatoms. The van der Waals surface area contributed by atoms with Gasteiger partial charge in [0, 0.05) is 13.6 Å². The van der Waals surface area contributed by atoms with Crippen molar-refractivity contribution >= 4 is 11.4 Å². The van der Waals surface area contributed by atoms with Crippen molar-refractivity contribution in [3.8, 4) is 5.75 Å². The second-order valence-corrected chi connectivity index (χ2v) is 3.91. The van der Waals surface area contributed by atoms with E-state index in [-0.39, 0.29) is 6.54 Å². The fourth-order valence-electron chi connectivity index (χ4n) is 1.56. The highest BCUT2D eigenvalue weighted by atomic mass is 19.4. The minimum Gasteiger partial charge on any atom is -0.492 e. The van der Waals surface area contributed by atoms with E-state index in [9.17, 15) is 13.2 Å². The minimum atomic E-state index is -4.17. The summed E-state index contributed by atoms with van der Waals surface area (Å²) in [7, 11) is 1.58. The van der Waals surface area contributed by atoms with Crippen molar-refractivity contribution in [2.45, 2.75) is 19.5 Å². The van der Waals surface area contributed by atoms with Crippen LogP contribution < -0.4 is 15.4 Å². The van der Waals surface area contributed by atoms with Crippen molar-refractivity contribution in [3.63, 3.8) is 0 Å². The molecule has 2 N–H and O–H groups in total. The van der Waals surface area contributed by atoms with Crippen molar-refractivity contribution in [1.82, 2.24) is 0 Å². The Morgan fingerprint density at radius 2 is 2.00 bits per heavy atom. The Hall–Kier alpha value is -1.59. The number of nitrogens with zero attached hydrogens (tertiary/aromatic N) is 1. The van der Waals surface area contributed by atoms with Crippen LogP contribution in [0.25, 0.3) is 0 Å². The van der Waals surface area contributed by atoms with Crippen LogP contribution in [0, 0.1) is 0 Å². The highest BCUT2D eigenvalue weighted by Crippen LogP contribution is 2.32. The van der Waals surface area contributed by atoms with Gasteiger partial charge in [-0.05, 0) is 19.1 Å². The molecule has 0 radical (unpaired) electrons. The zero-order valence-electron chi connectivity index (χ0n) is 10.4. The molecule has 0 aliphatic rings. The first kappa shape index (κ1) is 14.5. The van der Waals surface area contributed by atoms with Crippen molar-refractivity contribution in [3.05, 3.63) is 18.2 Å². The molecule has 3 nitrogen and oxygen atoms in total. The van der Waals surface area contributed by atoms with E-state index in [0.29, 0.717) is 23.7 Å². The maximum atomic E-state index is 12.1. The van der Waals surface area contributed by atoms with E-state index in [4.69, 9.17) is 10.5 Å². The maximum absolute atomic E-state index is 12.1. The minimum absolute atomic E-state index is 0.136. The van der Waals surface area contributed by atoms with Crippen LogP contribution in [-0.2, 0) is 0 Å². The highest BCUT2D eigenvalue weighted by Gasteiger charge is 2.27. The molecule has 0 bridgehead atoms. The van der Waals surface area contributed by atoms with Crippen LogP contribution in [0.4, 0.5) is 24.5 Å². The lowest BCUT2D eigenvalue weighted by atomic mass is 10.2. The molecule has 0 aliphatic carbocycles. The van der Waals surface area contributed by atoms with E-state index in [2.05, 4.69) is 0 Å². The Labute approximate surface area is 104 Å². The van der Waals surface area contributed by atoms with Gasteiger partial charge in [-0.3, -0.25) is 0 Å². The molecule has 0 aliphatic heterocycles. The summed E-state index contributed by atoms with van der Waals surface area (Å²) in [6, 6.07) is 5.08. The maximum Gasteiger partial charge on any atom is 0.390 e. The summed E-state index contributed by atoms with van der Waals surface area (Å²) in [6.45, 7) is 2.14. The Balaban J connectivity index is 2.79. The van der Waals surface area contributed by atoms with Gasteiger partial charge < -0.3 is 15.4 Å². The monoisotopic (exact) mass is 262 g/mol. The van der Waals surface area contributed by atoms with Crippen LogP contribution in [0.5, 0.6) is 5.75 Å². The van der Waals surface area contributed by atoms with Crippen LogP contribution in [0.15, 0.2) is 18.2 Å². The molecule has 0 heterocycles. The first-order chi connectivity index (χ1) is 8.35. The highest BCUT2D eigenvalue weighted by molar-refractivity contribution is 5.73. The van der Waals surface area contributed by atoms with Crippen LogP contribution in [0.1, 0.15) is 13.3 Å². The normalized spacial score (nSPS) is 11.4. The van der Waals surface area contributed by atoms with Crippen LogP contribution in [0.3, 0.4) is 0 Å². The second kappa shape index (κ2) is 5.84. The molecule has 0 atom stereocenters. The molecule has 0 saturated carbocycles. The summed E-state index contributed by atoms with van der Waals surface area (Å²) in [6.07, 6.45) is -5.04. The Morgan fingerprint density at radius 3 is 2.56 bits per heavy atom. The zero-order valence-corrected chi connectivity index (χ0v) is 10.4. The molecule has 1 aromatic rings. The predicted molar refractivity (Wildman–Crippen MR) is 66.0 cm³/mol. The molecule has 0 spiro atoms. The number of ether oxygens (including phenoxy) is 1. The quantitative estimate of drug-likeness (QED) is 0.829. The van der Waals surface area contributed by atoms with Gasteiger partial charge in [0.15, 0.2) is 0 Å². The Bertz CT molecular complexity index is 393. The summed E-state index contributed by atoms with van der Waals surface area (Å²) in [5, 5.41) is 0. The van der Waals surface area contributed by atoms with E-state index < -0.39 is 12.6 Å². The molecule has 0 amide bonds. The Morgan fingerprint density at radius 1 is 1.33 bits per heavy atom. The van der Waals surface area contributed by atoms with E-state index in [1.165, 1.54) is 4.90 Å². The van der Waals surface area contributed by atoms with Gasteiger partial charge in [-0.15, -0.1) is 0 Å². The SMILES string of the molecule is CCOc1cccc(N(C)CCC(F)(F)F)c1N. The standard InChI is InChI=1S/C12H17F3N2O/c1-3-18-10-6-4-5-9(11(10)16)17(2)8-7-12(13,14)15/h4-6H,3,7-8,16H2,1-2H3. The summed E-state index contributed by atoms with van der Waals surface area (Å²) in [5.41, 5.74) is 6.77. The first-order valence-corrected chi connectivity index (χ1v) is 5.64. The lowest BCUT2D eigenvalue weighted by Gasteiger charge is -2.22. The van der Waals surface area contributed by atoms with Gasteiger partial charge >= 0.3 is 6.18 Å². The molecule has 0 fully saturated rings. The Kier molecular flexibility index (Phi) is 4.69.